The summed E-state index contributed by atoms with van der Waals surface area (Å²) in [6.07, 6.45) is 5.91. The summed E-state index contributed by atoms with van der Waals surface area (Å²) in [5, 5.41) is 5.28. The highest BCUT2D eigenvalue weighted by Crippen LogP contribution is 2.24. The van der Waals surface area contributed by atoms with Gasteiger partial charge in [0.25, 0.3) is 5.91 Å². The normalized spacial score (nSPS) is 16.7. The molecule has 0 radical (unpaired) electrons. The number of benzene rings is 1. The second-order valence-electron chi connectivity index (χ2n) is 8.11. The van der Waals surface area contributed by atoms with E-state index in [1.165, 1.54) is 33.6 Å². The van der Waals surface area contributed by atoms with Crippen molar-refractivity contribution in [2.45, 2.75) is 39.7 Å². The minimum atomic E-state index is -0.0364. The lowest BCUT2D eigenvalue weighted by Gasteiger charge is -2.33. The summed E-state index contributed by atoms with van der Waals surface area (Å²) in [6, 6.07) is 4.50. The van der Waals surface area contributed by atoms with Crippen molar-refractivity contribution in [3.63, 3.8) is 0 Å². The van der Waals surface area contributed by atoms with Crippen LogP contribution in [0.4, 0.5) is 5.13 Å². The van der Waals surface area contributed by atoms with Crippen molar-refractivity contribution in [2.24, 2.45) is 0 Å². The number of carbonyl (C=O) groups excluding carboxylic acids is 2. The summed E-state index contributed by atoms with van der Waals surface area (Å²) in [5.74, 6) is 0.0986. The first kappa shape index (κ1) is 20.8. The van der Waals surface area contributed by atoms with Crippen molar-refractivity contribution in [3.8, 4) is 0 Å². The lowest BCUT2D eigenvalue weighted by atomic mass is 9.94. The summed E-state index contributed by atoms with van der Waals surface area (Å²) in [5.41, 5.74) is 6.09. The van der Waals surface area contributed by atoms with Crippen LogP contribution < -0.4 is 5.32 Å². The average molecular weight is 425 g/mol. The highest BCUT2D eigenvalue weighted by atomic mass is 32.1. The summed E-state index contributed by atoms with van der Waals surface area (Å²) < 4.78 is 0. The Morgan fingerprint density at radius 3 is 2.70 bits per heavy atom. The number of nitrogens with one attached hydrogen (secondary N) is 1. The first-order valence-corrected chi connectivity index (χ1v) is 11.4. The number of rotatable bonds is 5. The predicted molar refractivity (Wildman–Crippen MR) is 120 cm³/mol. The van der Waals surface area contributed by atoms with Gasteiger partial charge < -0.3 is 10.2 Å². The fourth-order valence-corrected chi connectivity index (χ4v) is 4.66. The molecule has 0 saturated heterocycles. The molecular formula is C23H28N4O2S. The number of carbonyl (C=O) groups is 2. The number of nitrogens with zero attached hydrogens (tertiary/aromatic N) is 3. The zero-order valence-corrected chi connectivity index (χ0v) is 18.4. The molecule has 0 fully saturated rings. The molecule has 0 spiro atoms. The number of hydrogen-bond donors (Lipinski definition) is 1. The first-order valence-electron chi connectivity index (χ1n) is 10.5. The number of amides is 2. The number of aromatic nitrogens is 1. The average Bonchev–Trinajstić information content (AvgIpc) is 3.25. The Labute approximate surface area is 181 Å². The molecule has 0 bridgehead atoms. The molecule has 1 aromatic carbocycles. The number of aryl methyl sites for hydroxylation is 2. The molecule has 7 heteroatoms. The second kappa shape index (κ2) is 9.10. The number of fused-ring (bicyclic) bond motifs is 1. The molecule has 0 unspecified atom stereocenters. The van der Waals surface area contributed by atoms with Crippen molar-refractivity contribution in [2.75, 3.05) is 31.5 Å². The van der Waals surface area contributed by atoms with Gasteiger partial charge in [-0.25, -0.2) is 4.98 Å². The van der Waals surface area contributed by atoms with Gasteiger partial charge >= 0.3 is 0 Å². The molecule has 1 aromatic heterocycles. The number of hydrogen-bond acceptors (Lipinski definition) is 5. The highest BCUT2D eigenvalue weighted by Gasteiger charge is 2.26. The second-order valence-corrected chi connectivity index (χ2v) is 9.01. The first-order chi connectivity index (χ1) is 14.5. The van der Waals surface area contributed by atoms with Crippen molar-refractivity contribution < 1.29 is 9.59 Å². The lowest BCUT2D eigenvalue weighted by Crippen LogP contribution is -2.41. The summed E-state index contributed by atoms with van der Waals surface area (Å²) >= 11 is 1.41. The fraction of sp³-hybridized carbons (Fsp3) is 0.435. The fourth-order valence-electron chi connectivity index (χ4n) is 4.11. The Kier molecular flexibility index (Phi) is 6.29. The van der Waals surface area contributed by atoms with E-state index in [1.807, 2.05) is 10.3 Å². The van der Waals surface area contributed by atoms with E-state index in [2.05, 4.69) is 47.3 Å². The van der Waals surface area contributed by atoms with E-state index in [0.717, 1.165) is 31.5 Å². The molecule has 30 heavy (non-hydrogen) atoms. The molecule has 3 heterocycles. The minimum Gasteiger partial charge on any atom is -0.334 e. The predicted octanol–water partition coefficient (Wildman–Crippen LogP) is 3.31. The van der Waals surface area contributed by atoms with Crippen LogP contribution in [0.3, 0.4) is 0 Å². The van der Waals surface area contributed by atoms with Gasteiger partial charge in [-0.05, 0) is 48.9 Å². The molecule has 2 aliphatic heterocycles. The van der Waals surface area contributed by atoms with E-state index in [4.69, 9.17) is 0 Å². The smallest absolute Gasteiger partial charge is 0.251 e. The van der Waals surface area contributed by atoms with Gasteiger partial charge in [0, 0.05) is 56.3 Å². The van der Waals surface area contributed by atoms with Gasteiger partial charge in [0.15, 0.2) is 5.13 Å². The van der Waals surface area contributed by atoms with Crippen LogP contribution in [0.25, 0.3) is 0 Å². The molecule has 0 saturated carbocycles. The van der Waals surface area contributed by atoms with Crippen LogP contribution in [0.15, 0.2) is 35.4 Å². The Morgan fingerprint density at radius 2 is 1.93 bits per heavy atom. The van der Waals surface area contributed by atoms with Crippen LogP contribution in [0.5, 0.6) is 0 Å². The molecule has 158 valence electrons. The molecule has 2 amide bonds. The SMILES string of the molecule is Cc1cc2c(cc1C)CN(C(=O)C1=CCCN(CCC(=O)Nc3nccs3)C1)CC2. The minimum absolute atomic E-state index is 0.0364. The van der Waals surface area contributed by atoms with Crippen LogP contribution >= 0.6 is 11.3 Å². The number of thiazole rings is 1. The molecule has 1 N–H and O–H groups in total. The monoisotopic (exact) mass is 424 g/mol. The molecule has 2 aromatic rings. The van der Waals surface area contributed by atoms with Gasteiger partial charge in [-0.15, -0.1) is 11.3 Å². The van der Waals surface area contributed by atoms with Crippen LogP contribution in [0, 0.1) is 13.8 Å². The zero-order chi connectivity index (χ0) is 21.1. The van der Waals surface area contributed by atoms with Gasteiger partial charge in [-0.3, -0.25) is 14.5 Å². The van der Waals surface area contributed by atoms with Crippen LogP contribution in [0.2, 0.25) is 0 Å². The molecular weight excluding hydrogens is 396 g/mol. The molecule has 0 atom stereocenters. The third kappa shape index (κ3) is 4.79. The largest absolute Gasteiger partial charge is 0.334 e. The Balaban J connectivity index is 1.32. The summed E-state index contributed by atoms with van der Waals surface area (Å²) in [6.45, 7) is 7.85. The number of anilines is 1. The summed E-state index contributed by atoms with van der Waals surface area (Å²) in [7, 11) is 0. The van der Waals surface area contributed by atoms with Crippen LogP contribution in [-0.4, -0.2) is 52.8 Å². The van der Waals surface area contributed by atoms with E-state index in [-0.39, 0.29) is 11.8 Å². The maximum Gasteiger partial charge on any atom is 0.251 e. The van der Waals surface area contributed by atoms with Gasteiger partial charge in [0.2, 0.25) is 5.91 Å². The Hall–Kier alpha value is -2.51. The molecule has 0 aliphatic carbocycles. The molecule has 6 nitrogen and oxygen atoms in total. The van der Waals surface area contributed by atoms with Crippen molar-refractivity contribution >= 4 is 28.3 Å². The van der Waals surface area contributed by atoms with E-state index < -0.39 is 0 Å². The Bertz CT molecular complexity index is 968. The Morgan fingerprint density at radius 1 is 1.13 bits per heavy atom. The van der Waals surface area contributed by atoms with E-state index in [1.54, 1.807) is 6.20 Å². The maximum absolute atomic E-state index is 13.2. The van der Waals surface area contributed by atoms with Gasteiger partial charge in [-0.1, -0.05) is 18.2 Å². The highest BCUT2D eigenvalue weighted by molar-refractivity contribution is 7.13. The maximum atomic E-state index is 13.2. The third-order valence-corrected chi connectivity index (χ3v) is 6.64. The van der Waals surface area contributed by atoms with Gasteiger partial charge in [0.05, 0.1) is 0 Å². The summed E-state index contributed by atoms with van der Waals surface area (Å²) in [4.78, 5) is 33.5. The van der Waals surface area contributed by atoms with E-state index >= 15 is 0 Å². The topological polar surface area (TPSA) is 65.5 Å². The van der Waals surface area contributed by atoms with Crippen LogP contribution in [-0.2, 0) is 22.6 Å². The molecule has 2 aliphatic rings. The van der Waals surface area contributed by atoms with E-state index in [0.29, 0.717) is 31.2 Å². The standard InChI is InChI=1S/C23H28N4O2S/c1-16-12-18-5-10-27(15-20(18)13-17(16)2)22(29)19-4-3-8-26(14-19)9-6-21(28)25-23-24-7-11-30-23/h4,7,11-13H,3,5-6,8-10,14-15H2,1-2H3,(H,24,25,28). The van der Waals surface area contributed by atoms with E-state index in [9.17, 15) is 9.59 Å². The van der Waals surface area contributed by atoms with Crippen molar-refractivity contribution in [3.05, 3.63) is 57.6 Å². The molecule has 4 rings (SSSR count). The van der Waals surface area contributed by atoms with Crippen molar-refractivity contribution in [1.82, 2.24) is 14.8 Å². The van der Waals surface area contributed by atoms with Gasteiger partial charge in [0.1, 0.15) is 0 Å². The zero-order valence-electron chi connectivity index (χ0n) is 17.6. The van der Waals surface area contributed by atoms with Gasteiger partial charge in [-0.2, -0.15) is 0 Å². The quantitative estimate of drug-likeness (QED) is 0.800. The van der Waals surface area contributed by atoms with Crippen molar-refractivity contribution in [1.29, 1.82) is 0 Å². The lowest BCUT2D eigenvalue weighted by molar-refractivity contribution is -0.128. The third-order valence-electron chi connectivity index (χ3n) is 5.95. The van der Waals surface area contributed by atoms with Crippen LogP contribution in [0.1, 0.15) is 35.1 Å².